The highest BCUT2D eigenvalue weighted by atomic mass is 32.2. The molecule has 0 saturated carbocycles. The predicted octanol–water partition coefficient (Wildman–Crippen LogP) is -0.340. The van der Waals surface area contributed by atoms with Gasteiger partial charge in [0.2, 0.25) is 5.91 Å². The number of hydrogen-bond acceptors (Lipinski definition) is 5. The van der Waals surface area contributed by atoms with Gasteiger partial charge in [-0.1, -0.05) is 6.92 Å². The van der Waals surface area contributed by atoms with E-state index in [2.05, 4.69) is 11.8 Å². The number of piperazine rings is 1. The van der Waals surface area contributed by atoms with Gasteiger partial charge in [-0.3, -0.25) is 4.79 Å². The van der Waals surface area contributed by atoms with Crippen molar-refractivity contribution in [3.8, 4) is 0 Å². The molecule has 0 aromatic carbocycles. The third kappa shape index (κ3) is 4.66. The average Bonchev–Trinajstić information content (AvgIpc) is 2.84. The topological polar surface area (TPSA) is 60.9 Å². The number of rotatable bonds is 5. The molecule has 6 nitrogen and oxygen atoms in total. The van der Waals surface area contributed by atoms with Gasteiger partial charge in [0, 0.05) is 45.2 Å². The Morgan fingerprint density at radius 3 is 2.43 bits per heavy atom. The van der Waals surface area contributed by atoms with Crippen LogP contribution in [0.5, 0.6) is 0 Å². The molecule has 2 aliphatic heterocycles. The van der Waals surface area contributed by atoms with Crippen LogP contribution in [0.3, 0.4) is 0 Å². The van der Waals surface area contributed by atoms with Gasteiger partial charge in [0.05, 0.1) is 11.5 Å². The van der Waals surface area contributed by atoms with Crippen molar-refractivity contribution in [2.24, 2.45) is 0 Å². The first-order valence-electron chi connectivity index (χ1n) is 7.82. The van der Waals surface area contributed by atoms with E-state index >= 15 is 0 Å². The molecule has 0 aromatic rings. The lowest BCUT2D eigenvalue weighted by Gasteiger charge is -2.34. The van der Waals surface area contributed by atoms with Crippen molar-refractivity contribution in [1.82, 2.24) is 14.7 Å². The summed E-state index contributed by atoms with van der Waals surface area (Å²) in [6.07, 6.45) is 1.18. The Labute approximate surface area is 128 Å². The van der Waals surface area contributed by atoms with Gasteiger partial charge >= 0.3 is 0 Å². The van der Waals surface area contributed by atoms with Crippen LogP contribution >= 0.6 is 0 Å². The molecular formula is C14H27N3O3S. The minimum Gasteiger partial charge on any atom is -0.340 e. The summed E-state index contributed by atoms with van der Waals surface area (Å²) < 4.78 is 23.0. The molecule has 2 saturated heterocycles. The van der Waals surface area contributed by atoms with Crippen LogP contribution in [-0.2, 0) is 14.6 Å². The Hall–Kier alpha value is -0.660. The maximum atomic E-state index is 12.2. The van der Waals surface area contributed by atoms with Gasteiger partial charge in [-0.15, -0.1) is 0 Å². The number of carbonyl (C=O) groups excluding carboxylic acids is 1. The first-order valence-corrected chi connectivity index (χ1v) is 9.64. The molecule has 2 aliphatic rings. The lowest BCUT2D eigenvalue weighted by atomic mass is 10.2. The molecule has 7 heteroatoms. The van der Waals surface area contributed by atoms with Crippen LogP contribution in [0, 0.1) is 0 Å². The van der Waals surface area contributed by atoms with E-state index in [4.69, 9.17) is 0 Å². The van der Waals surface area contributed by atoms with Crippen molar-refractivity contribution in [3.63, 3.8) is 0 Å². The number of nitrogens with zero attached hydrogens (tertiary/aromatic N) is 3. The molecule has 1 unspecified atom stereocenters. The van der Waals surface area contributed by atoms with Crippen molar-refractivity contribution in [3.05, 3.63) is 0 Å². The second-order valence-corrected chi connectivity index (χ2v) is 8.33. The zero-order valence-electron chi connectivity index (χ0n) is 13.1. The normalized spacial score (nSPS) is 26.4. The summed E-state index contributed by atoms with van der Waals surface area (Å²) in [4.78, 5) is 18.5. The minimum atomic E-state index is -2.85. The van der Waals surface area contributed by atoms with Gasteiger partial charge in [-0.05, 0) is 20.0 Å². The summed E-state index contributed by atoms with van der Waals surface area (Å²) >= 11 is 0. The molecule has 122 valence electrons. The highest BCUT2D eigenvalue weighted by molar-refractivity contribution is 7.91. The summed E-state index contributed by atoms with van der Waals surface area (Å²) in [6, 6.07) is 0.0831. The van der Waals surface area contributed by atoms with Crippen molar-refractivity contribution >= 4 is 15.7 Å². The van der Waals surface area contributed by atoms with Gasteiger partial charge in [0.25, 0.3) is 0 Å². The molecule has 0 N–H and O–H groups in total. The number of amides is 1. The Morgan fingerprint density at radius 1 is 1.24 bits per heavy atom. The molecule has 1 amide bonds. The fourth-order valence-corrected chi connectivity index (χ4v) is 4.85. The highest BCUT2D eigenvalue weighted by Gasteiger charge is 2.31. The molecule has 2 heterocycles. The van der Waals surface area contributed by atoms with E-state index in [9.17, 15) is 13.2 Å². The Balaban J connectivity index is 1.72. The van der Waals surface area contributed by atoms with Gasteiger partial charge in [0.15, 0.2) is 9.84 Å². The van der Waals surface area contributed by atoms with E-state index in [1.165, 1.54) is 0 Å². The van der Waals surface area contributed by atoms with Gasteiger partial charge < -0.3 is 14.7 Å². The van der Waals surface area contributed by atoms with Crippen LogP contribution in [0.4, 0.5) is 0 Å². The SMILES string of the molecule is CCN1CCN(C(=O)CCN(C)C2CCS(=O)(=O)C2)CC1. The van der Waals surface area contributed by atoms with Gasteiger partial charge in [-0.2, -0.15) is 0 Å². The van der Waals surface area contributed by atoms with E-state index < -0.39 is 9.84 Å². The maximum Gasteiger partial charge on any atom is 0.223 e. The molecule has 2 rings (SSSR count). The quantitative estimate of drug-likeness (QED) is 0.694. The fraction of sp³-hybridized carbons (Fsp3) is 0.929. The van der Waals surface area contributed by atoms with Crippen molar-refractivity contribution in [2.75, 3.05) is 57.8 Å². The van der Waals surface area contributed by atoms with Crippen LogP contribution in [0.2, 0.25) is 0 Å². The van der Waals surface area contributed by atoms with Crippen LogP contribution in [0.15, 0.2) is 0 Å². The molecule has 0 aliphatic carbocycles. The fourth-order valence-electron chi connectivity index (χ4n) is 3.05. The van der Waals surface area contributed by atoms with Crippen molar-refractivity contribution in [2.45, 2.75) is 25.8 Å². The lowest BCUT2D eigenvalue weighted by molar-refractivity contribution is -0.133. The largest absolute Gasteiger partial charge is 0.340 e. The second kappa shape index (κ2) is 7.07. The van der Waals surface area contributed by atoms with Crippen LogP contribution in [0.1, 0.15) is 19.8 Å². The van der Waals surface area contributed by atoms with E-state index in [1.54, 1.807) is 0 Å². The third-order valence-corrected chi connectivity index (χ3v) is 6.43. The Bertz CT molecular complexity index is 458. The summed E-state index contributed by atoms with van der Waals surface area (Å²) in [5.41, 5.74) is 0. The zero-order chi connectivity index (χ0) is 15.5. The number of hydrogen-bond donors (Lipinski definition) is 0. The molecule has 0 radical (unpaired) electrons. The van der Waals surface area contributed by atoms with E-state index in [-0.39, 0.29) is 23.5 Å². The summed E-state index contributed by atoms with van der Waals surface area (Å²) in [5, 5.41) is 0. The van der Waals surface area contributed by atoms with Crippen LogP contribution in [0.25, 0.3) is 0 Å². The number of sulfone groups is 1. The maximum absolute atomic E-state index is 12.2. The number of likely N-dealkylation sites (N-methyl/N-ethyl adjacent to an activating group) is 1. The summed E-state index contributed by atoms with van der Waals surface area (Å²) in [7, 11) is -0.927. The monoisotopic (exact) mass is 317 g/mol. The molecule has 21 heavy (non-hydrogen) atoms. The molecular weight excluding hydrogens is 290 g/mol. The summed E-state index contributed by atoms with van der Waals surface area (Å²) in [6.45, 7) is 7.37. The standard InChI is InChI=1S/C14H27N3O3S/c1-3-16-7-9-17(10-8-16)14(18)4-6-15(2)13-5-11-21(19,20)12-13/h13H,3-12H2,1-2H3. The Morgan fingerprint density at radius 2 is 1.90 bits per heavy atom. The average molecular weight is 317 g/mol. The highest BCUT2D eigenvalue weighted by Crippen LogP contribution is 2.16. The van der Waals surface area contributed by atoms with Crippen molar-refractivity contribution < 1.29 is 13.2 Å². The first kappa shape index (κ1) is 16.7. The zero-order valence-corrected chi connectivity index (χ0v) is 13.9. The van der Waals surface area contributed by atoms with E-state index in [1.807, 2.05) is 16.8 Å². The lowest BCUT2D eigenvalue weighted by Crippen LogP contribution is -2.49. The predicted molar refractivity (Wildman–Crippen MR) is 83.0 cm³/mol. The minimum absolute atomic E-state index is 0.0831. The van der Waals surface area contributed by atoms with Crippen LogP contribution in [-0.4, -0.2) is 92.9 Å². The first-order chi connectivity index (χ1) is 9.91. The second-order valence-electron chi connectivity index (χ2n) is 6.10. The molecule has 0 spiro atoms. The number of carbonyl (C=O) groups is 1. The van der Waals surface area contributed by atoms with E-state index in [0.717, 1.165) is 32.7 Å². The smallest absolute Gasteiger partial charge is 0.223 e. The van der Waals surface area contributed by atoms with Gasteiger partial charge in [0.1, 0.15) is 0 Å². The molecule has 1 atom stereocenters. The van der Waals surface area contributed by atoms with Crippen LogP contribution < -0.4 is 0 Å². The van der Waals surface area contributed by atoms with E-state index in [0.29, 0.717) is 19.4 Å². The molecule has 0 bridgehead atoms. The third-order valence-electron chi connectivity index (χ3n) is 4.68. The van der Waals surface area contributed by atoms with Crippen molar-refractivity contribution in [1.29, 1.82) is 0 Å². The molecule has 0 aromatic heterocycles. The van der Waals surface area contributed by atoms with Gasteiger partial charge in [-0.25, -0.2) is 8.42 Å². The summed E-state index contributed by atoms with van der Waals surface area (Å²) in [5.74, 6) is 0.723. The Kier molecular flexibility index (Phi) is 5.62. The molecule has 2 fully saturated rings.